The molecule has 1 fully saturated rings. The number of rotatable bonds is 2. The second kappa shape index (κ2) is 3.94. The molecule has 0 aromatic heterocycles. The van der Waals surface area contributed by atoms with Crippen molar-refractivity contribution in [2.45, 2.75) is 18.6 Å². The first-order valence-corrected chi connectivity index (χ1v) is 5.20. The van der Waals surface area contributed by atoms with Crippen molar-refractivity contribution < 1.29 is 19.0 Å². The van der Waals surface area contributed by atoms with Crippen molar-refractivity contribution >= 4 is 5.97 Å². The van der Waals surface area contributed by atoms with Gasteiger partial charge in [0, 0.05) is 13.0 Å². The molecular formula is C11H16O4. The van der Waals surface area contributed by atoms with Gasteiger partial charge < -0.3 is 14.2 Å². The number of methoxy groups -OCH3 is 2. The van der Waals surface area contributed by atoms with Gasteiger partial charge in [-0.15, -0.1) is 0 Å². The molecule has 1 aliphatic heterocycles. The summed E-state index contributed by atoms with van der Waals surface area (Å²) < 4.78 is 15.9. The lowest BCUT2D eigenvalue weighted by Crippen LogP contribution is -2.50. The van der Waals surface area contributed by atoms with Gasteiger partial charge in [0.05, 0.1) is 13.7 Å². The molecule has 2 aliphatic rings. The summed E-state index contributed by atoms with van der Waals surface area (Å²) in [5.41, 5.74) is 0. The van der Waals surface area contributed by atoms with Crippen LogP contribution in [0.1, 0.15) is 12.8 Å². The quantitative estimate of drug-likeness (QED) is 0.508. The highest BCUT2D eigenvalue weighted by Gasteiger charge is 2.54. The van der Waals surface area contributed by atoms with Gasteiger partial charge in [0.2, 0.25) is 0 Å². The van der Waals surface area contributed by atoms with Gasteiger partial charge in [0.1, 0.15) is 5.92 Å². The van der Waals surface area contributed by atoms with Crippen LogP contribution in [0.2, 0.25) is 0 Å². The molecule has 0 saturated carbocycles. The van der Waals surface area contributed by atoms with Crippen LogP contribution in [0.25, 0.3) is 0 Å². The van der Waals surface area contributed by atoms with Crippen LogP contribution < -0.4 is 0 Å². The molecule has 0 amide bonds. The molecule has 0 bridgehead atoms. The zero-order chi connectivity index (χ0) is 10.9. The van der Waals surface area contributed by atoms with Gasteiger partial charge >= 0.3 is 5.97 Å². The van der Waals surface area contributed by atoms with E-state index in [1.54, 1.807) is 7.11 Å². The van der Waals surface area contributed by atoms with Crippen LogP contribution in [-0.4, -0.2) is 32.6 Å². The van der Waals surface area contributed by atoms with Crippen LogP contribution in [-0.2, 0) is 19.0 Å². The normalized spacial score (nSPS) is 38.8. The Labute approximate surface area is 89.2 Å². The summed E-state index contributed by atoms with van der Waals surface area (Å²) >= 11 is 0. The topological polar surface area (TPSA) is 44.8 Å². The molecule has 0 radical (unpaired) electrons. The number of carbonyl (C=O) groups excluding carboxylic acids is 1. The maximum atomic E-state index is 11.6. The fourth-order valence-electron chi connectivity index (χ4n) is 2.48. The number of hydrogen-bond acceptors (Lipinski definition) is 4. The van der Waals surface area contributed by atoms with Gasteiger partial charge in [-0.2, -0.15) is 0 Å². The second-order valence-electron chi connectivity index (χ2n) is 3.91. The Balaban J connectivity index is 2.25. The van der Waals surface area contributed by atoms with E-state index < -0.39 is 11.7 Å². The molecule has 0 aromatic rings. The lowest BCUT2D eigenvalue weighted by atomic mass is 9.88. The first kappa shape index (κ1) is 10.6. The van der Waals surface area contributed by atoms with E-state index in [1.165, 1.54) is 7.11 Å². The molecule has 0 unspecified atom stereocenters. The van der Waals surface area contributed by atoms with E-state index >= 15 is 0 Å². The summed E-state index contributed by atoms with van der Waals surface area (Å²) in [7, 11) is 2.97. The number of hydrogen-bond donors (Lipinski definition) is 0. The van der Waals surface area contributed by atoms with Crippen molar-refractivity contribution in [3.05, 3.63) is 12.2 Å². The largest absolute Gasteiger partial charge is 0.468 e. The maximum absolute atomic E-state index is 11.6. The molecule has 3 atom stereocenters. The Bertz CT molecular complexity index is 286. The van der Waals surface area contributed by atoms with E-state index in [9.17, 15) is 4.79 Å². The average Bonchev–Trinajstić information content (AvgIpc) is 2.67. The monoisotopic (exact) mass is 212 g/mol. The van der Waals surface area contributed by atoms with Crippen molar-refractivity contribution in [1.82, 2.24) is 0 Å². The summed E-state index contributed by atoms with van der Waals surface area (Å²) in [4.78, 5) is 11.6. The standard InChI is InChI=1S/C11H16O4/c1-13-10(12)9-6-5-8-4-3-7-15-11(8,9)14-2/h5-6,8-9H,3-4,7H2,1-2H3/t8-,9+,11-/m0/s1. The molecule has 15 heavy (non-hydrogen) atoms. The third kappa shape index (κ3) is 1.48. The minimum Gasteiger partial charge on any atom is -0.468 e. The van der Waals surface area contributed by atoms with Crippen LogP contribution in [0, 0.1) is 11.8 Å². The molecule has 2 rings (SSSR count). The Morgan fingerprint density at radius 1 is 1.47 bits per heavy atom. The van der Waals surface area contributed by atoms with E-state index in [0.717, 1.165) is 12.8 Å². The summed E-state index contributed by atoms with van der Waals surface area (Å²) in [6, 6.07) is 0. The highest BCUT2D eigenvalue weighted by atomic mass is 16.7. The van der Waals surface area contributed by atoms with Gasteiger partial charge in [0.25, 0.3) is 0 Å². The minimum atomic E-state index is -0.814. The van der Waals surface area contributed by atoms with Gasteiger partial charge in [-0.25, -0.2) is 0 Å². The lowest BCUT2D eigenvalue weighted by molar-refractivity contribution is -0.276. The summed E-state index contributed by atoms with van der Waals surface area (Å²) in [6.45, 7) is 0.638. The lowest BCUT2D eigenvalue weighted by Gasteiger charge is -2.40. The Morgan fingerprint density at radius 2 is 2.27 bits per heavy atom. The second-order valence-corrected chi connectivity index (χ2v) is 3.91. The van der Waals surface area contributed by atoms with Crippen LogP contribution in [0.5, 0.6) is 0 Å². The Hall–Kier alpha value is -0.870. The van der Waals surface area contributed by atoms with Gasteiger partial charge in [-0.1, -0.05) is 12.2 Å². The van der Waals surface area contributed by atoms with Gasteiger partial charge in [0.15, 0.2) is 5.79 Å². The van der Waals surface area contributed by atoms with E-state index in [-0.39, 0.29) is 11.9 Å². The fourth-order valence-corrected chi connectivity index (χ4v) is 2.48. The third-order valence-corrected chi connectivity index (χ3v) is 3.25. The van der Waals surface area contributed by atoms with E-state index in [1.807, 2.05) is 12.2 Å². The van der Waals surface area contributed by atoms with Gasteiger partial charge in [-0.3, -0.25) is 4.79 Å². The Morgan fingerprint density at radius 3 is 2.93 bits per heavy atom. The highest BCUT2D eigenvalue weighted by molar-refractivity contribution is 5.76. The van der Waals surface area contributed by atoms with Crippen LogP contribution in [0.3, 0.4) is 0 Å². The smallest absolute Gasteiger partial charge is 0.318 e. The van der Waals surface area contributed by atoms with Crippen molar-refractivity contribution in [3.8, 4) is 0 Å². The van der Waals surface area contributed by atoms with Crippen molar-refractivity contribution in [1.29, 1.82) is 0 Å². The molecule has 0 aromatic carbocycles. The van der Waals surface area contributed by atoms with Crippen molar-refractivity contribution in [2.24, 2.45) is 11.8 Å². The highest BCUT2D eigenvalue weighted by Crippen LogP contribution is 2.44. The van der Waals surface area contributed by atoms with Crippen molar-refractivity contribution in [2.75, 3.05) is 20.8 Å². The molecule has 0 spiro atoms. The molecular weight excluding hydrogens is 196 g/mol. The molecule has 1 aliphatic carbocycles. The molecule has 0 N–H and O–H groups in total. The first-order valence-electron chi connectivity index (χ1n) is 5.20. The number of esters is 1. The first-order chi connectivity index (χ1) is 7.24. The fraction of sp³-hybridized carbons (Fsp3) is 0.727. The number of carbonyl (C=O) groups is 1. The van der Waals surface area contributed by atoms with E-state index in [2.05, 4.69) is 0 Å². The van der Waals surface area contributed by atoms with Gasteiger partial charge in [-0.05, 0) is 12.8 Å². The van der Waals surface area contributed by atoms with E-state index in [0.29, 0.717) is 6.61 Å². The zero-order valence-corrected chi connectivity index (χ0v) is 9.06. The molecule has 1 saturated heterocycles. The van der Waals surface area contributed by atoms with Crippen LogP contribution in [0.4, 0.5) is 0 Å². The summed E-state index contributed by atoms with van der Waals surface area (Å²) in [6.07, 6.45) is 5.85. The van der Waals surface area contributed by atoms with E-state index in [4.69, 9.17) is 14.2 Å². The molecule has 84 valence electrons. The van der Waals surface area contributed by atoms with Crippen LogP contribution in [0.15, 0.2) is 12.2 Å². The number of ether oxygens (including phenoxy) is 3. The summed E-state index contributed by atoms with van der Waals surface area (Å²) in [5.74, 6) is -1.37. The third-order valence-electron chi connectivity index (χ3n) is 3.25. The number of fused-ring (bicyclic) bond motifs is 1. The predicted octanol–water partition coefficient (Wildman–Crippen LogP) is 1.11. The zero-order valence-electron chi connectivity index (χ0n) is 9.06. The SMILES string of the molecule is COC(=O)[C@H]1C=C[C@@H]2CCCO[C@@]21OC. The Kier molecular flexibility index (Phi) is 2.80. The molecule has 1 heterocycles. The summed E-state index contributed by atoms with van der Waals surface area (Å²) in [5, 5.41) is 0. The molecule has 4 nitrogen and oxygen atoms in total. The average molecular weight is 212 g/mol. The minimum absolute atomic E-state index is 0.167. The van der Waals surface area contributed by atoms with Crippen molar-refractivity contribution in [3.63, 3.8) is 0 Å². The van der Waals surface area contributed by atoms with Crippen LogP contribution >= 0.6 is 0 Å². The predicted molar refractivity (Wildman–Crippen MR) is 53.1 cm³/mol. The maximum Gasteiger partial charge on any atom is 0.318 e. The molecule has 4 heteroatoms.